The van der Waals surface area contributed by atoms with Crippen molar-refractivity contribution in [1.29, 1.82) is 0 Å². The first-order chi connectivity index (χ1) is 16.6. The summed E-state index contributed by atoms with van der Waals surface area (Å²) in [4.78, 5) is 27.5. The number of amides is 2. The van der Waals surface area contributed by atoms with Crippen LogP contribution < -0.4 is 5.32 Å². The number of likely N-dealkylation sites (tertiary alicyclic amines) is 1. The van der Waals surface area contributed by atoms with Crippen LogP contribution in [-0.4, -0.2) is 36.5 Å². The van der Waals surface area contributed by atoms with Crippen LogP contribution in [0.3, 0.4) is 0 Å². The van der Waals surface area contributed by atoms with Gasteiger partial charge in [0.25, 0.3) is 0 Å². The molecule has 34 heavy (non-hydrogen) atoms. The Hall–Kier alpha value is -2.82. The van der Waals surface area contributed by atoms with E-state index in [9.17, 15) is 9.59 Å². The van der Waals surface area contributed by atoms with Crippen molar-refractivity contribution in [3.63, 3.8) is 0 Å². The molecule has 5 nitrogen and oxygen atoms in total. The highest BCUT2D eigenvalue weighted by atomic mass is 16.6. The molecule has 0 spiro atoms. The van der Waals surface area contributed by atoms with Gasteiger partial charge in [0, 0.05) is 38.9 Å². The second-order valence-corrected chi connectivity index (χ2v) is 9.84. The lowest BCUT2D eigenvalue weighted by Gasteiger charge is -2.41. The predicted molar refractivity (Wildman–Crippen MR) is 134 cm³/mol. The van der Waals surface area contributed by atoms with Gasteiger partial charge in [-0.15, -0.1) is 0 Å². The van der Waals surface area contributed by atoms with Crippen LogP contribution in [0.15, 0.2) is 60.7 Å². The molecular formula is C29H38N2O3. The number of rotatable bonds is 9. The van der Waals surface area contributed by atoms with Gasteiger partial charge >= 0.3 is 6.09 Å². The quantitative estimate of drug-likeness (QED) is 0.477. The Kier molecular flexibility index (Phi) is 8.62. The summed E-state index contributed by atoms with van der Waals surface area (Å²) in [5.41, 5.74) is 1.59. The highest BCUT2D eigenvalue weighted by Gasteiger charge is 2.41. The molecular weight excluding hydrogens is 424 g/mol. The van der Waals surface area contributed by atoms with E-state index in [1.165, 1.54) is 31.2 Å². The maximum absolute atomic E-state index is 12.8. The molecule has 5 heteroatoms. The van der Waals surface area contributed by atoms with E-state index in [0.717, 1.165) is 30.7 Å². The Morgan fingerprint density at radius 1 is 0.941 bits per heavy atom. The van der Waals surface area contributed by atoms with Gasteiger partial charge in [-0.2, -0.15) is 0 Å². The van der Waals surface area contributed by atoms with Crippen LogP contribution in [0.25, 0.3) is 0 Å². The van der Waals surface area contributed by atoms with Crippen molar-refractivity contribution in [2.75, 3.05) is 19.6 Å². The maximum atomic E-state index is 12.8. The molecule has 4 rings (SSSR count). The highest BCUT2D eigenvalue weighted by Crippen LogP contribution is 2.37. The summed E-state index contributed by atoms with van der Waals surface area (Å²) in [6.07, 6.45) is 9.50. The number of hydrogen-bond donors (Lipinski definition) is 1. The lowest BCUT2D eigenvalue weighted by molar-refractivity contribution is -0.136. The van der Waals surface area contributed by atoms with Crippen molar-refractivity contribution < 1.29 is 14.3 Å². The summed E-state index contributed by atoms with van der Waals surface area (Å²) in [6, 6.07) is 20.3. The van der Waals surface area contributed by atoms with Gasteiger partial charge < -0.3 is 15.0 Å². The van der Waals surface area contributed by atoms with E-state index in [1.54, 1.807) is 0 Å². The molecule has 1 aliphatic carbocycles. The van der Waals surface area contributed by atoms with Crippen LogP contribution in [0, 0.1) is 5.92 Å². The van der Waals surface area contributed by atoms with Gasteiger partial charge in [0.15, 0.2) is 0 Å². The number of carbonyl (C=O) groups is 2. The zero-order valence-corrected chi connectivity index (χ0v) is 20.2. The van der Waals surface area contributed by atoms with E-state index in [2.05, 4.69) is 17.4 Å². The van der Waals surface area contributed by atoms with Crippen molar-refractivity contribution in [3.8, 4) is 0 Å². The molecule has 0 aromatic heterocycles. The summed E-state index contributed by atoms with van der Waals surface area (Å²) in [7, 11) is 0. The van der Waals surface area contributed by atoms with Crippen molar-refractivity contribution >= 4 is 12.0 Å². The third-order valence-corrected chi connectivity index (χ3v) is 7.51. The van der Waals surface area contributed by atoms with Crippen molar-refractivity contribution in [2.24, 2.45) is 5.92 Å². The number of benzene rings is 2. The molecule has 2 aromatic carbocycles. The van der Waals surface area contributed by atoms with E-state index < -0.39 is 5.60 Å². The number of aryl methyl sites for hydroxylation is 1. The Bertz CT molecular complexity index is 901. The standard InChI is InChI=1S/C29H38N2O3/c32-27(18-17-25-12-7-8-13-25)31-22-19-29(20-23-31,26-15-5-2-6-16-26)34-28(33)30-21-9-14-24-10-3-1-4-11-24/h1-6,10-11,15-16,25H,7-9,12-14,17-23H2,(H,30,33). The topological polar surface area (TPSA) is 58.6 Å². The highest BCUT2D eigenvalue weighted by molar-refractivity contribution is 5.76. The molecule has 2 amide bonds. The SMILES string of the molecule is O=C(NCCCc1ccccc1)OC1(c2ccccc2)CCN(C(=O)CCC2CCCC2)CC1. The summed E-state index contributed by atoms with van der Waals surface area (Å²) in [5.74, 6) is 0.977. The van der Waals surface area contributed by atoms with Crippen LogP contribution in [0.2, 0.25) is 0 Å². The summed E-state index contributed by atoms with van der Waals surface area (Å²) < 4.78 is 6.10. The van der Waals surface area contributed by atoms with E-state index in [4.69, 9.17) is 4.74 Å². The fourth-order valence-electron chi connectivity index (χ4n) is 5.43. The molecule has 1 saturated carbocycles. The first-order valence-corrected chi connectivity index (χ1v) is 13.0. The summed E-state index contributed by atoms with van der Waals surface area (Å²) in [6.45, 7) is 1.82. The average Bonchev–Trinajstić information content (AvgIpc) is 3.41. The van der Waals surface area contributed by atoms with Crippen LogP contribution in [-0.2, 0) is 21.6 Å². The molecule has 0 atom stereocenters. The number of nitrogens with zero attached hydrogens (tertiary/aromatic N) is 1. The number of alkyl carbamates (subject to hydrolysis) is 1. The molecule has 1 aliphatic heterocycles. The van der Waals surface area contributed by atoms with Gasteiger partial charge in [0.05, 0.1) is 0 Å². The van der Waals surface area contributed by atoms with E-state index in [0.29, 0.717) is 38.9 Å². The van der Waals surface area contributed by atoms with Gasteiger partial charge in [0.1, 0.15) is 5.60 Å². The maximum Gasteiger partial charge on any atom is 0.408 e. The molecule has 182 valence electrons. The molecule has 0 radical (unpaired) electrons. The normalized spacial score (nSPS) is 17.9. The minimum absolute atomic E-state index is 0.249. The molecule has 1 heterocycles. The Labute approximate surface area is 203 Å². The third-order valence-electron chi connectivity index (χ3n) is 7.51. The van der Waals surface area contributed by atoms with Crippen LogP contribution >= 0.6 is 0 Å². The monoisotopic (exact) mass is 462 g/mol. The molecule has 1 saturated heterocycles. The van der Waals surface area contributed by atoms with Crippen molar-refractivity contribution in [2.45, 2.75) is 69.8 Å². The zero-order chi connectivity index (χ0) is 23.6. The zero-order valence-electron chi connectivity index (χ0n) is 20.2. The van der Waals surface area contributed by atoms with Crippen LogP contribution in [0.1, 0.15) is 68.9 Å². The van der Waals surface area contributed by atoms with Crippen LogP contribution in [0.5, 0.6) is 0 Å². The lowest BCUT2D eigenvalue weighted by atomic mass is 9.84. The Morgan fingerprint density at radius 3 is 2.26 bits per heavy atom. The van der Waals surface area contributed by atoms with E-state index in [1.807, 2.05) is 53.4 Å². The molecule has 0 unspecified atom stereocenters. The number of ether oxygens (including phenoxy) is 1. The molecule has 2 fully saturated rings. The van der Waals surface area contributed by atoms with E-state index >= 15 is 0 Å². The first-order valence-electron chi connectivity index (χ1n) is 13.0. The van der Waals surface area contributed by atoms with Crippen molar-refractivity contribution in [1.82, 2.24) is 10.2 Å². The largest absolute Gasteiger partial charge is 0.438 e. The number of hydrogen-bond acceptors (Lipinski definition) is 3. The fraction of sp³-hybridized carbons (Fsp3) is 0.517. The smallest absolute Gasteiger partial charge is 0.408 e. The van der Waals surface area contributed by atoms with Crippen molar-refractivity contribution in [3.05, 3.63) is 71.8 Å². The van der Waals surface area contributed by atoms with Gasteiger partial charge in [-0.05, 0) is 36.3 Å². The summed E-state index contributed by atoms with van der Waals surface area (Å²) in [5, 5.41) is 2.94. The second-order valence-electron chi connectivity index (χ2n) is 9.84. The van der Waals surface area contributed by atoms with Gasteiger partial charge in [-0.1, -0.05) is 86.3 Å². The second kappa shape index (κ2) is 12.0. The number of nitrogens with one attached hydrogen (secondary N) is 1. The predicted octanol–water partition coefficient (Wildman–Crippen LogP) is 5.83. The summed E-state index contributed by atoms with van der Waals surface area (Å²) >= 11 is 0. The third kappa shape index (κ3) is 6.62. The average molecular weight is 463 g/mol. The molecule has 2 aliphatic rings. The molecule has 1 N–H and O–H groups in total. The van der Waals surface area contributed by atoms with Crippen LogP contribution in [0.4, 0.5) is 4.79 Å². The Balaban J connectivity index is 1.29. The van der Waals surface area contributed by atoms with Gasteiger partial charge in [0.2, 0.25) is 5.91 Å². The number of carbonyl (C=O) groups excluding carboxylic acids is 2. The Morgan fingerprint density at radius 2 is 1.59 bits per heavy atom. The minimum atomic E-state index is -0.687. The lowest BCUT2D eigenvalue weighted by Crippen LogP contribution is -2.48. The molecule has 0 bridgehead atoms. The fourth-order valence-corrected chi connectivity index (χ4v) is 5.43. The first kappa shape index (κ1) is 24.3. The van der Waals surface area contributed by atoms with Gasteiger partial charge in [-0.3, -0.25) is 4.79 Å². The van der Waals surface area contributed by atoms with E-state index in [-0.39, 0.29) is 12.0 Å². The molecule has 2 aromatic rings. The van der Waals surface area contributed by atoms with Gasteiger partial charge in [-0.25, -0.2) is 4.79 Å². The number of piperidine rings is 1. The minimum Gasteiger partial charge on any atom is -0.438 e.